The highest BCUT2D eigenvalue weighted by molar-refractivity contribution is 6.01. The van der Waals surface area contributed by atoms with Crippen molar-refractivity contribution in [2.24, 2.45) is 40.4 Å². The number of carbonyl (C=O) groups is 5. The van der Waals surface area contributed by atoms with Crippen molar-refractivity contribution in [2.75, 3.05) is 6.61 Å². The summed E-state index contributed by atoms with van der Waals surface area (Å²) in [6, 6.07) is 0. The second-order valence-electron chi connectivity index (χ2n) is 14.3. The molecule has 0 aromatic carbocycles. The predicted octanol–water partition coefficient (Wildman–Crippen LogP) is 4.04. The van der Waals surface area contributed by atoms with Gasteiger partial charge in [0.15, 0.2) is 11.9 Å². The molecule has 6 rings (SSSR count). The van der Waals surface area contributed by atoms with Crippen molar-refractivity contribution in [3.05, 3.63) is 23.3 Å². The number of epoxide rings is 1. The van der Waals surface area contributed by atoms with E-state index in [1.54, 1.807) is 12.2 Å². The predicted molar refractivity (Wildman–Crippen MR) is 154 cm³/mol. The van der Waals surface area contributed by atoms with Crippen LogP contribution in [-0.2, 0) is 47.7 Å². The Morgan fingerprint density at radius 3 is 2.41 bits per heavy atom. The van der Waals surface area contributed by atoms with Crippen LogP contribution in [0.1, 0.15) is 80.6 Å². The summed E-state index contributed by atoms with van der Waals surface area (Å²) in [5.41, 5.74) is -0.692. The van der Waals surface area contributed by atoms with E-state index in [1.165, 1.54) is 20.8 Å². The molecule has 10 heteroatoms. The topological polar surface area (TPSA) is 135 Å². The molecule has 2 heterocycles. The van der Waals surface area contributed by atoms with Gasteiger partial charge >= 0.3 is 23.9 Å². The van der Waals surface area contributed by atoms with Crippen molar-refractivity contribution in [3.63, 3.8) is 0 Å². The lowest BCUT2D eigenvalue weighted by Gasteiger charge is -2.49. The number of ether oxygens (including phenoxy) is 5. The van der Waals surface area contributed by atoms with E-state index in [9.17, 15) is 24.0 Å². The third-order valence-electron chi connectivity index (χ3n) is 12.3. The minimum atomic E-state index is -0.779. The van der Waals surface area contributed by atoms with Crippen LogP contribution in [0.25, 0.3) is 0 Å². The molecule has 6 aliphatic rings. The summed E-state index contributed by atoms with van der Waals surface area (Å²) in [5.74, 6) is -1.20. The average Bonchev–Trinajstić information content (AvgIpc) is 3.82. The van der Waals surface area contributed by atoms with Crippen molar-refractivity contribution >= 4 is 29.7 Å². The molecule has 0 bridgehead atoms. The van der Waals surface area contributed by atoms with Crippen molar-refractivity contribution < 1.29 is 47.7 Å². The van der Waals surface area contributed by atoms with Crippen LogP contribution in [0.5, 0.6) is 0 Å². The van der Waals surface area contributed by atoms with Crippen LogP contribution in [0.4, 0.5) is 0 Å². The Labute approximate surface area is 258 Å². The van der Waals surface area contributed by atoms with Gasteiger partial charge in [0.05, 0.1) is 17.1 Å². The van der Waals surface area contributed by atoms with Gasteiger partial charge in [-0.05, 0) is 81.3 Å². The summed E-state index contributed by atoms with van der Waals surface area (Å²) < 4.78 is 29.1. The molecule has 5 unspecified atom stereocenters. The molecule has 10 nitrogen and oxygen atoms in total. The molecule has 240 valence electrons. The highest BCUT2D eigenvalue weighted by atomic mass is 16.7. The lowest BCUT2D eigenvalue weighted by Crippen LogP contribution is -2.54. The fourth-order valence-electron chi connectivity index (χ4n) is 10.2. The first-order valence-corrected chi connectivity index (χ1v) is 16.0. The SMILES string of the molecule is CC(=O)OCC1=C(C)CC([C@@H](C)C2CCC(C3C[C@H]4O[C@]45[C@H](OC(C)=O)C=CC(=O)[C@@]54CC34)[C@]2(C)[C@@H](C)OC(C)=O)OC1=O. The molecular formula is C34H44O10. The van der Waals surface area contributed by atoms with E-state index in [-0.39, 0.29) is 60.2 Å². The van der Waals surface area contributed by atoms with E-state index < -0.39 is 46.5 Å². The van der Waals surface area contributed by atoms with Crippen molar-refractivity contribution in [3.8, 4) is 0 Å². The number of hydrogen-bond acceptors (Lipinski definition) is 10. The van der Waals surface area contributed by atoms with Gasteiger partial charge in [0.25, 0.3) is 0 Å². The van der Waals surface area contributed by atoms with Gasteiger partial charge in [0.2, 0.25) is 0 Å². The lowest BCUT2D eigenvalue weighted by molar-refractivity contribution is -0.163. The summed E-state index contributed by atoms with van der Waals surface area (Å²) in [6.07, 6.45) is 5.45. The quantitative estimate of drug-likeness (QED) is 0.225. The van der Waals surface area contributed by atoms with Crippen LogP contribution in [0.15, 0.2) is 23.3 Å². The van der Waals surface area contributed by atoms with Crippen LogP contribution in [0.2, 0.25) is 0 Å². The first kappa shape index (κ1) is 31.0. The lowest BCUT2D eigenvalue weighted by atomic mass is 9.57. The third-order valence-corrected chi connectivity index (χ3v) is 12.3. The second-order valence-corrected chi connectivity index (χ2v) is 14.3. The van der Waals surface area contributed by atoms with Crippen LogP contribution in [0, 0.1) is 40.4 Å². The van der Waals surface area contributed by atoms with Gasteiger partial charge in [-0.3, -0.25) is 19.2 Å². The summed E-state index contributed by atoms with van der Waals surface area (Å²) in [4.78, 5) is 62.1. The van der Waals surface area contributed by atoms with Crippen molar-refractivity contribution in [1.82, 2.24) is 0 Å². The minimum Gasteiger partial charge on any atom is -0.462 e. The molecule has 2 aliphatic heterocycles. The van der Waals surface area contributed by atoms with E-state index in [2.05, 4.69) is 13.8 Å². The molecule has 2 spiro atoms. The van der Waals surface area contributed by atoms with Crippen molar-refractivity contribution in [1.29, 1.82) is 0 Å². The molecule has 44 heavy (non-hydrogen) atoms. The van der Waals surface area contributed by atoms with Gasteiger partial charge in [0.1, 0.15) is 24.4 Å². The molecule has 0 aromatic heterocycles. The smallest absolute Gasteiger partial charge is 0.337 e. The zero-order valence-corrected chi connectivity index (χ0v) is 26.7. The molecule has 3 saturated carbocycles. The van der Waals surface area contributed by atoms with E-state index in [1.807, 2.05) is 13.8 Å². The largest absolute Gasteiger partial charge is 0.462 e. The monoisotopic (exact) mass is 612 g/mol. The maximum atomic E-state index is 13.6. The van der Waals surface area contributed by atoms with Crippen molar-refractivity contribution in [2.45, 2.75) is 111 Å². The molecule has 4 fully saturated rings. The van der Waals surface area contributed by atoms with E-state index in [4.69, 9.17) is 23.7 Å². The van der Waals surface area contributed by atoms with Crippen LogP contribution in [-0.4, -0.2) is 66.3 Å². The number of ketones is 1. The molecule has 0 amide bonds. The third kappa shape index (κ3) is 4.41. The molecule has 0 radical (unpaired) electrons. The van der Waals surface area contributed by atoms with Gasteiger partial charge in [-0.2, -0.15) is 0 Å². The van der Waals surface area contributed by atoms with Gasteiger partial charge in [-0.15, -0.1) is 0 Å². The van der Waals surface area contributed by atoms with E-state index in [0.29, 0.717) is 18.4 Å². The van der Waals surface area contributed by atoms with E-state index >= 15 is 0 Å². The van der Waals surface area contributed by atoms with Gasteiger partial charge in [-0.25, -0.2) is 4.79 Å². The van der Waals surface area contributed by atoms with Gasteiger partial charge in [0, 0.05) is 32.6 Å². The Bertz CT molecular complexity index is 1360. The number of carbonyl (C=O) groups excluding carboxylic acids is 5. The Hall–Kier alpha value is -3.01. The number of cyclic esters (lactones) is 1. The fraction of sp³-hybridized carbons (Fsp3) is 0.735. The Morgan fingerprint density at radius 1 is 1.05 bits per heavy atom. The summed E-state index contributed by atoms with van der Waals surface area (Å²) in [5, 5.41) is 0. The number of rotatable bonds is 8. The van der Waals surface area contributed by atoms with Crippen LogP contribution in [0.3, 0.4) is 0 Å². The maximum Gasteiger partial charge on any atom is 0.337 e. The molecule has 1 saturated heterocycles. The van der Waals surface area contributed by atoms with Crippen LogP contribution < -0.4 is 0 Å². The Balaban J connectivity index is 1.28. The highest BCUT2D eigenvalue weighted by Gasteiger charge is 2.88. The second kappa shape index (κ2) is 10.5. The highest BCUT2D eigenvalue weighted by Crippen LogP contribution is 2.80. The molecule has 4 aliphatic carbocycles. The minimum absolute atomic E-state index is 0.0437. The van der Waals surface area contributed by atoms with Gasteiger partial charge in [-0.1, -0.05) is 19.4 Å². The summed E-state index contributed by atoms with van der Waals surface area (Å²) in [7, 11) is 0. The fourth-order valence-corrected chi connectivity index (χ4v) is 10.2. The molecule has 0 aromatic rings. The Morgan fingerprint density at radius 2 is 1.77 bits per heavy atom. The van der Waals surface area contributed by atoms with E-state index in [0.717, 1.165) is 24.8 Å². The standard InChI is InChI=1S/C34H44O10/c1-16-12-27(43-31(39)23(16)15-40-19(4)35)17(2)24-8-9-25(32(24,7)18(3)41-20(5)36)22-13-30-34(44-30)29(42-21(6)37)11-10-28(38)33(34)14-26(22)33/h10-11,17-18,22,24-27,29-30H,8-9,12-15H2,1-7H3/t17-,18+,22?,24?,25?,26?,27?,29+,30+,32+,33-,34+/m0/s1. The first-order chi connectivity index (χ1) is 20.7. The number of hydrogen-bond donors (Lipinski definition) is 0. The number of esters is 4. The van der Waals surface area contributed by atoms with Gasteiger partial charge < -0.3 is 23.7 Å². The first-order valence-electron chi connectivity index (χ1n) is 16.0. The normalized spacial score (nSPS) is 43.1. The molecule has 0 N–H and O–H groups in total. The Kier molecular flexibility index (Phi) is 7.42. The number of allylic oxidation sites excluding steroid dienone is 1. The maximum absolute atomic E-state index is 13.6. The summed E-state index contributed by atoms with van der Waals surface area (Å²) >= 11 is 0. The zero-order valence-electron chi connectivity index (χ0n) is 26.7. The van der Waals surface area contributed by atoms with Crippen LogP contribution >= 0.6 is 0 Å². The zero-order chi connectivity index (χ0) is 31.9. The molecular weight excluding hydrogens is 568 g/mol. The molecule has 12 atom stereocenters. The average molecular weight is 613 g/mol. The summed E-state index contributed by atoms with van der Waals surface area (Å²) in [6.45, 7) is 12.2.